The molecule has 1 aromatic heterocycles. The second kappa shape index (κ2) is 4.81. The molecule has 1 fully saturated rings. The first-order valence-electron chi connectivity index (χ1n) is 5.34. The van der Waals surface area contributed by atoms with Crippen LogP contribution < -0.4 is 10.2 Å². The molecule has 1 aliphatic heterocycles. The van der Waals surface area contributed by atoms with Crippen LogP contribution in [0.3, 0.4) is 0 Å². The lowest BCUT2D eigenvalue weighted by Crippen LogP contribution is -2.41. The number of anilines is 1. The summed E-state index contributed by atoms with van der Waals surface area (Å²) in [6.45, 7) is 2.06. The minimum atomic E-state index is 0.642. The minimum absolute atomic E-state index is 0.642. The topological polar surface area (TPSA) is 28.2 Å². The van der Waals surface area contributed by atoms with Crippen molar-refractivity contribution in [2.45, 2.75) is 18.9 Å². The molecule has 0 unspecified atom stereocenters. The van der Waals surface area contributed by atoms with Gasteiger partial charge in [-0.1, -0.05) is 11.6 Å². The van der Waals surface area contributed by atoms with Crippen molar-refractivity contribution in [3.63, 3.8) is 0 Å². The Labute approximate surface area is 95.4 Å². The van der Waals surface area contributed by atoms with Gasteiger partial charge in [-0.2, -0.15) is 0 Å². The van der Waals surface area contributed by atoms with Crippen LogP contribution in [0.25, 0.3) is 0 Å². The molecule has 1 saturated heterocycles. The van der Waals surface area contributed by atoms with Gasteiger partial charge in [-0.05, 0) is 32.0 Å². The van der Waals surface area contributed by atoms with Crippen molar-refractivity contribution >= 4 is 17.4 Å². The molecule has 3 nitrogen and oxygen atoms in total. The summed E-state index contributed by atoms with van der Waals surface area (Å²) in [5, 5.41) is 4.06. The number of aromatic nitrogens is 1. The van der Waals surface area contributed by atoms with E-state index in [2.05, 4.69) is 15.2 Å². The molecule has 0 radical (unpaired) electrons. The second-order valence-corrected chi connectivity index (χ2v) is 4.27. The normalized spacial score (nSPS) is 18.1. The van der Waals surface area contributed by atoms with Gasteiger partial charge in [-0.15, -0.1) is 0 Å². The van der Waals surface area contributed by atoms with Crippen molar-refractivity contribution in [2.24, 2.45) is 0 Å². The van der Waals surface area contributed by atoms with Crippen LogP contribution in [-0.4, -0.2) is 31.2 Å². The Hall–Kier alpha value is -0.800. The summed E-state index contributed by atoms with van der Waals surface area (Å²) in [5.74, 6) is 0.925. The predicted molar refractivity (Wildman–Crippen MR) is 63.5 cm³/mol. The summed E-state index contributed by atoms with van der Waals surface area (Å²) in [6, 6.07) is 4.41. The Morgan fingerprint density at radius 1 is 1.47 bits per heavy atom. The number of rotatable bonds is 2. The van der Waals surface area contributed by atoms with Crippen LogP contribution in [0, 0.1) is 0 Å². The van der Waals surface area contributed by atoms with Gasteiger partial charge >= 0.3 is 0 Å². The van der Waals surface area contributed by atoms with Gasteiger partial charge in [-0.3, -0.25) is 0 Å². The Morgan fingerprint density at radius 3 is 2.80 bits per heavy atom. The summed E-state index contributed by atoms with van der Waals surface area (Å²) in [6.07, 6.45) is 4.11. The zero-order valence-corrected chi connectivity index (χ0v) is 9.67. The summed E-state index contributed by atoms with van der Waals surface area (Å²) < 4.78 is 0. The quantitative estimate of drug-likeness (QED) is 0.834. The van der Waals surface area contributed by atoms with Crippen LogP contribution in [0.5, 0.6) is 0 Å². The van der Waals surface area contributed by atoms with Crippen molar-refractivity contribution in [1.82, 2.24) is 10.3 Å². The van der Waals surface area contributed by atoms with Crippen LogP contribution in [0.4, 0.5) is 5.82 Å². The molecular formula is C11H16ClN3. The van der Waals surface area contributed by atoms with Crippen molar-refractivity contribution in [1.29, 1.82) is 0 Å². The Kier molecular flexibility index (Phi) is 3.44. The molecule has 1 aliphatic rings. The molecule has 0 aromatic carbocycles. The highest BCUT2D eigenvalue weighted by molar-refractivity contribution is 6.32. The van der Waals surface area contributed by atoms with Crippen LogP contribution in [0.2, 0.25) is 5.02 Å². The molecule has 2 heterocycles. The highest BCUT2D eigenvalue weighted by Gasteiger charge is 2.19. The van der Waals surface area contributed by atoms with Gasteiger partial charge in [0.25, 0.3) is 0 Å². The van der Waals surface area contributed by atoms with E-state index in [1.54, 1.807) is 6.20 Å². The first kappa shape index (κ1) is 10.7. The Bertz CT molecular complexity index is 321. The van der Waals surface area contributed by atoms with Crippen LogP contribution in [0.15, 0.2) is 18.3 Å². The maximum absolute atomic E-state index is 6.11. The van der Waals surface area contributed by atoms with E-state index >= 15 is 0 Å². The van der Waals surface area contributed by atoms with Crippen LogP contribution >= 0.6 is 11.6 Å². The van der Waals surface area contributed by atoms with Gasteiger partial charge < -0.3 is 10.2 Å². The molecule has 82 valence electrons. The summed E-state index contributed by atoms with van der Waals surface area (Å²) >= 11 is 6.11. The number of halogens is 1. The maximum atomic E-state index is 6.11. The van der Waals surface area contributed by atoms with Crippen molar-refractivity contribution in [3.8, 4) is 0 Å². The smallest absolute Gasteiger partial charge is 0.147 e. The number of hydrogen-bond donors (Lipinski definition) is 1. The molecule has 0 amide bonds. The third kappa shape index (κ3) is 2.41. The van der Waals surface area contributed by atoms with Crippen molar-refractivity contribution < 1.29 is 0 Å². The molecule has 1 aromatic rings. The molecule has 0 atom stereocenters. The van der Waals surface area contributed by atoms with Gasteiger partial charge in [0.05, 0.1) is 5.02 Å². The molecule has 0 saturated carbocycles. The van der Waals surface area contributed by atoms with Crippen molar-refractivity contribution in [3.05, 3.63) is 23.4 Å². The first-order valence-corrected chi connectivity index (χ1v) is 5.72. The zero-order chi connectivity index (χ0) is 10.7. The number of nitrogens with zero attached hydrogens (tertiary/aromatic N) is 2. The van der Waals surface area contributed by atoms with E-state index < -0.39 is 0 Å². The predicted octanol–water partition coefficient (Wildman–Crippen LogP) is 1.92. The van der Waals surface area contributed by atoms with Gasteiger partial charge in [0.2, 0.25) is 0 Å². The summed E-state index contributed by atoms with van der Waals surface area (Å²) in [7, 11) is 2.02. The largest absolute Gasteiger partial charge is 0.355 e. The number of nitrogens with one attached hydrogen (secondary N) is 1. The van der Waals surface area contributed by atoms with Crippen molar-refractivity contribution in [2.75, 3.05) is 25.0 Å². The number of pyridine rings is 1. The summed E-state index contributed by atoms with van der Waals surface area (Å²) in [5.41, 5.74) is 0. The molecule has 2 rings (SSSR count). The SMILES string of the molecule is CNC1CCN(c2ncccc2Cl)CC1. The fourth-order valence-electron chi connectivity index (χ4n) is 1.99. The van der Waals surface area contributed by atoms with E-state index in [4.69, 9.17) is 11.6 Å². The highest BCUT2D eigenvalue weighted by Crippen LogP contribution is 2.25. The molecule has 1 N–H and O–H groups in total. The first-order chi connectivity index (χ1) is 7.31. The van der Waals surface area contributed by atoms with E-state index in [1.165, 1.54) is 0 Å². The molecule has 15 heavy (non-hydrogen) atoms. The summed E-state index contributed by atoms with van der Waals surface area (Å²) in [4.78, 5) is 6.59. The van der Waals surface area contributed by atoms with Gasteiger partial charge in [0.1, 0.15) is 5.82 Å². The fraction of sp³-hybridized carbons (Fsp3) is 0.545. The van der Waals surface area contributed by atoms with E-state index in [0.29, 0.717) is 6.04 Å². The lowest BCUT2D eigenvalue weighted by Gasteiger charge is -2.32. The molecule has 0 bridgehead atoms. The third-order valence-corrected chi connectivity index (χ3v) is 3.24. The maximum Gasteiger partial charge on any atom is 0.147 e. The second-order valence-electron chi connectivity index (χ2n) is 3.86. The average molecular weight is 226 g/mol. The Morgan fingerprint density at radius 2 is 2.20 bits per heavy atom. The number of hydrogen-bond acceptors (Lipinski definition) is 3. The molecule has 0 spiro atoms. The standard InChI is InChI=1S/C11H16ClN3/c1-13-9-4-7-15(8-5-9)11-10(12)3-2-6-14-11/h2-3,6,9,13H,4-5,7-8H2,1H3. The lowest BCUT2D eigenvalue weighted by molar-refractivity contribution is 0.441. The van der Waals surface area contributed by atoms with E-state index in [1.807, 2.05) is 19.2 Å². The molecular weight excluding hydrogens is 210 g/mol. The van der Waals surface area contributed by atoms with E-state index in [-0.39, 0.29) is 0 Å². The minimum Gasteiger partial charge on any atom is -0.355 e. The highest BCUT2D eigenvalue weighted by atomic mass is 35.5. The zero-order valence-electron chi connectivity index (χ0n) is 8.91. The monoisotopic (exact) mass is 225 g/mol. The van der Waals surface area contributed by atoms with E-state index in [0.717, 1.165) is 36.8 Å². The average Bonchev–Trinajstić information content (AvgIpc) is 2.30. The van der Waals surface area contributed by atoms with Crippen LogP contribution in [-0.2, 0) is 0 Å². The van der Waals surface area contributed by atoms with Gasteiger partial charge in [0.15, 0.2) is 0 Å². The van der Waals surface area contributed by atoms with Crippen LogP contribution in [0.1, 0.15) is 12.8 Å². The lowest BCUT2D eigenvalue weighted by atomic mass is 10.1. The third-order valence-electron chi connectivity index (χ3n) is 2.94. The van der Waals surface area contributed by atoms with E-state index in [9.17, 15) is 0 Å². The van der Waals surface area contributed by atoms with Gasteiger partial charge in [0, 0.05) is 25.3 Å². The van der Waals surface area contributed by atoms with Gasteiger partial charge in [-0.25, -0.2) is 4.98 Å². The fourth-order valence-corrected chi connectivity index (χ4v) is 2.23. The Balaban J connectivity index is 2.04. The molecule has 0 aliphatic carbocycles. The molecule has 4 heteroatoms. The number of piperidine rings is 1.